The van der Waals surface area contributed by atoms with E-state index in [1.807, 2.05) is 0 Å². The van der Waals surface area contributed by atoms with Crippen LogP contribution in [0.3, 0.4) is 0 Å². The zero-order valence-corrected chi connectivity index (χ0v) is 16.6. The zero-order valence-electron chi connectivity index (χ0n) is 15.8. The lowest BCUT2D eigenvalue weighted by Gasteiger charge is -2.11. The number of amidine groups is 1. The van der Waals surface area contributed by atoms with Gasteiger partial charge in [-0.2, -0.15) is 0 Å². The van der Waals surface area contributed by atoms with Crippen molar-refractivity contribution in [1.29, 1.82) is 0 Å². The van der Waals surface area contributed by atoms with Gasteiger partial charge in [0.15, 0.2) is 0 Å². The Labute approximate surface area is 169 Å². The van der Waals surface area contributed by atoms with E-state index < -0.39 is 21.7 Å². The number of carbonyl (C=O) groups excluding carboxylic acids is 1. The number of carbonyl (C=O) groups is 1. The first-order valence-electron chi connectivity index (χ1n) is 9.34. The van der Waals surface area contributed by atoms with Crippen molar-refractivity contribution in [3.8, 4) is 0 Å². The number of aliphatic imine (C=N–C) groups is 1. The van der Waals surface area contributed by atoms with Gasteiger partial charge in [0.1, 0.15) is 11.7 Å². The quantitative estimate of drug-likeness (QED) is 0.730. The SMILES string of the molecule is O=C(C=Cc1ccccc1F)Nc1cccc(S(=O)(=O)NC2=NCCCCC2)c1. The van der Waals surface area contributed by atoms with Gasteiger partial charge < -0.3 is 5.32 Å². The lowest BCUT2D eigenvalue weighted by molar-refractivity contribution is -0.111. The molecule has 1 heterocycles. The van der Waals surface area contributed by atoms with E-state index in [0.29, 0.717) is 24.5 Å². The monoisotopic (exact) mass is 415 g/mol. The van der Waals surface area contributed by atoms with Crippen molar-refractivity contribution in [2.45, 2.75) is 30.6 Å². The fourth-order valence-electron chi connectivity index (χ4n) is 2.87. The molecular weight excluding hydrogens is 393 g/mol. The molecule has 2 aromatic carbocycles. The number of nitrogens with zero attached hydrogens (tertiary/aromatic N) is 1. The Morgan fingerprint density at radius 1 is 1.07 bits per heavy atom. The van der Waals surface area contributed by atoms with Crippen molar-refractivity contribution >= 4 is 33.5 Å². The van der Waals surface area contributed by atoms with Crippen LogP contribution in [0.5, 0.6) is 0 Å². The van der Waals surface area contributed by atoms with Gasteiger partial charge in [-0.05, 0) is 43.2 Å². The lowest BCUT2D eigenvalue weighted by Crippen LogP contribution is -2.30. The molecule has 0 spiro atoms. The van der Waals surface area contributed by atoms with Gasteiger partial charge in [0, 0.05) is 30.3 Å². The number of amides is 1. The fourth-order valence-corrected chi connectivity index (χ4v) is 4.01. The van der Waals surface area contributed by atoms with E-state index in [1.54, 1.807) is 30.3 Å². The third kappa shape index (κ3) is 5.99. The van der Waals surface area contributed by atoms with Gasteiger partial charge >= 0.3 is 0 Å². The maximum absolute atomic E-state index is 13.6. The van der Waals surface area contributed by atoms with Crippen LogP contribution in [-0.4, -0.2) is 26.7 Å². The molecule has 152 valence electrons. The molecule has 1 aliphatic rings. The van der Waals surface area contributed by atoms with Crippen LogP contribution in [0.4, 0.5) is 10.1 Å². The highest BCUT2D eigenvalue weighted by atomic mass is 32.2. The minimum Gasteiger partial charge on any atom is -0.322 e. The average Bonchev–Trinajstić information content (AvgIpc) is 2.96. The first kappa shape index (κ1) is 20.7. The fraction of sp³-hybridized carbons (Fsp3) is 0.238. The molecule has 0 saturated carbocycles. The standard InChI is InChI=1S/C21H22FN3O3S/c22-19-10-4-3-7-16(19)12-13-21(26)24-17-8-6-9-18(15-17)29(27,28)25-20-11-2-1-5-14-23-20/h3-4,6-10,12-13,15H,1-2,5,11,14H2,(H,23,25)(H,24,26). The predicted octanol–water partition coefficient (Wildman–Crippen LogP) is 3.73. The van der Waals surface area contributed by atoms with Crippen LogP contribution in [0, 0.1) is 5.82 Å². The van der Waals surface area contributed by atoms with Gasteiger partial charge in [0.25, 0.3) is 10.0 Å². The van der Waals surface area contributed by atoms with E-state index >= 15 is 0 Å². The molecular formula is C21H22FN3O3S. The van der Waals surface area contributed by atoms with Crippen LogP contribution in [-0.2, 0) is 14.8 Å². The molecule has 29 heavy (non-hydrogen) atoms. The van der Waals surface area contributed by atoms with Gasteiger partial charge in [-0.3, -0.25) is 14.5 Å². The van der Waals surface area contributed by atoms with Crippen LogP contribution in [0.1, 0.15) is 31.2 Å². The third-order valence-corrected chi connectivity index (χ3v) is 5.74. The Morgan fingerprint density at radius 2 is 1.90 bits per heavy atom. The van der Waals surface area contributed by atoms with E-state index in [9.17, 15) is 17.6 Å². The Morgan fingerprint density at radius 3 is 2.72 bits per heavy atom. The average molecular weight is 415 g/mol. The number of halogens is 1. The summed E-state index contributed by atoms with van der Waals surface area (Å²) in [6.07, 6.45) is 6.02. The van der Waals surface area contributed by atoms with E-state index in [-0.39, 0.29) is 10.5 Å². The Kier molecular flexibility index (Phi) is 6.77. The number of benzene rings is 2. The molecule has 2 aromatic rings. The summed E-state index contributed by atoms with van der Waals surface area (Å²) in [5.74, 6) is -0.467. The van der Waals surface area contributed by atoms with Crippen LogP contribution >= 0.6 is 0 Å². The minimum atomic E-state index is -3.79. The number of hydrogen-bond acceptors (Lipinski definition) is 4. The van der Waals surface area contributed by atoms with E-state index in [4.69, 9.17) is 0 Å². The van der Waals surface area contributed by atoms with Crippen molar-refractivity contribution < 1.29 is 17.6 Å². The molecule has 0 saturated heterocycles. The number of rotatable bonds is 5. The van der Waals surface area contributed by atoms with Gasteiger partial charge in [-0.15, -0.1) is 0 Å². The number of sulfonamides is 1. The zero-order chi connectivity index (χ0) is 20.7. The molecule has 6 nitrogen and oxygen atoms in total. The Balaban J connectivity index is 1.69. The third-order valence-electron chi connectivity index (χ3n) is 4.36. The van der Waals surface area contributed by atoms with Crippen LogP contribution in [0.25, 0.3) is 6.08 Å². The molecule has 0 bridgehead atoms. The highest BCUT2D eigenvalue weighted by Crippen LogP contribution is 2.17. The molecule has 3 rings (SSSR count). The first-order chi connectivity index (χ1) is 13.9. The second-order valence-electron chi connectivity index (χ2n) is 6.62. The molecule has 0 radical (unpaired) electrons. The second-order valence-corrected chi connectivity index (χ2v) is 8.30. The molecule has 0 aliphatic carbocycles. The summed E-state index contributed by atoms with van der Waals surface area (Å²) in [5, 5.41) is 2.59. The lowest BCUT2D eigenvalue weighted by atomic mass is 10.2. The van der Waals surface area contributed by atoms with Crippen LogP contribution in [0.15, 0.2) is 64.5 Å². The predicted molar refractivity (Wildman–Crippen MR) is 112 cm³/mol. The van der Waals surface area contributed by atoms with Crippen molar-refractivity contribution in [3.63, 3.8) is 0 Å². The van der Waals surface area contributed by atoms with Gasteiger partial charge in [0.05, 0.1) is 4.90 Å². The van der Waals surface area contributed by atoms with Crippen molar-refractivity contribution in [2.24, 2.45) is 4.99 Å². The van der Waals surface area contributed by atoms with Gasteiger partial charge in [0.2, 0.25) is 5.91 Å². The molecule has 0 unspecified atom stereocenters. The van der Waals surface area contributed by atoms with Gasteiger partial charge in [-0.25, -0.2) is 12.8 Å². The Hall–Kier alpha value is -3.00. The summed E-state index contributed by atoms with van der Waals surface area (Å²) in [6.45, 7) is 0.613. The highest BCUT2D eigenvalue weighted by molar-refractivity contribution is 7.90. The maximum Gasteiger partial charge on any atom is 0.262 e. The molecule has 2 N–H and O–H groups in total. The number of hydrogen-bond donors (Lipinski definition) is 2. The Bertz CT molecular complexity index is 1050. The first-order valence-corrected chi connectivity index (χ1v) is 10.8. The number of nitrogens with one attached hydrogen (secondary N) is 2. The topological polar surface area (TPSA) is 87.6 Å². The summed E-state index contributed by atoms with van der Waals surface area (Å²) >= 11 is 0. The molecule has 0 aromatic heterocycles. The minimum absolute atomic E-state index is 0.0281. The molecule has 0 fully saturated rings. The van der Waals surface area contributed by atoms with Crippen molar-refractivity contribution in [1.82, 2.24) is 4.72 Å². The highest BCUT2D eigenvalue weighted by Gasteiger charge is 2.17. The van der Waals surface area contributed by atoms with Crippen molar-refractivity contribution in [2.75, 3.05) is 11.9 Å². The van der Waals surface area contributed by atoms with Gasteiger partial charge in [-0.1, -0.05) is 30.7 Å². The van der Waals surface area contributed by atoms with Crippen LogP contribution < -0.4 is 10.0 Å². The maximum atomic E-state index is 13.6. The second kappa shape index (κ2) is 9.47. The summed E-state index contributed by atoms with van der Waals surface area (Å²) in [5.41, 5.74) is 0.603. The summed E-state index contributed by atoms with van der Waals surface area (Å²) in [6, 6.07) is 12.0. The normalized spacial score (nSPS) is 14.9. The summed E-state index contributed by atoms with van der Waals surface area (Å²) < 4.78 is 41.4. The summed E-state index contributed by atoms with van der Waals surface area (Å²) in [4.78, 5) is 16.4. The molecule has 8 heteroatoms. The molecule has 0 atom stereocenters. The smallest absolute Gasteiger partial charge is 0.262 e. The molecule has 1 amide bonds. The summed E-state index contributed by atoms with van der Waals surface area (Å²) in [7, 11) is -3.79. The molecule has 1 aliphatic heterocycles. The van der Waals surface area contributed by atoms with E-state index in [2.05, 4.69) is 15.0 Å². The number of anilines is 1. The van der Waals surface area contributed by atoms with E-state index in [1.165, 1.54) is 30.4 Å². The van der Waals surface area contributed by atoms with Crippen LogP contribution in [0.2, 0.25) is 0 Å². The largest absolute Gasteiger partial charge is 0.322 e. The van der Waals surface area contributed by atoms with E-state index in [0.717, 1.165) is 19.3 Å². The van der Waals surface area contributed by atoms with Crippen molar-refractivity contribution in [3.05, 3.63) is 66.0 Å².